The maximum Gasteiger partial charge on any atom is 0.317 e. The van der Waals surface area contributed by atoms with Crippen LogP contribution in [-0.2, 0) is 4.74 Å². The number of ether oxygens (including phenoxy) is 1. The lowest BCUT2D eigenvalue weighted by Crippen LogP contribution is -2.44. The molecule has 1 N–H and O–H groups in total. The largest absolute Gasteiger partial charge is 0.376 e. The van der Waals surface area contributed by atoms with Gasteiger partial charge in [0.1, 0.15) is 0 Å². The molecule has 1 aliphatic heterocycles. The normalized spacial score (nSPS) is 20.1. The van der Waals surface area contributed by atoms with Crippen molar-refractivity contribution in [2.75, 3.05) is 26.2 Å². The number of carbonyl (C=O) groups is 1. The summed E-state index contributed by atoms with van der Waals surface area (Å²) in [5.74, 6) is 0. The number of rotatable bonds is 5. The molecule has 1 heterocycles. The SMILES string of the molecule is CCN(C[C@H]1CCCO1)C(=O)NCC(F)F. The molecule has 0 aromatic carbocycles. The highest BCUT2D eigenvalue weighted by Gasteiger charge is 2.21. The predicted molar refractivity (Wildman–Crippen MR) is 55.6 cm³/mol. The van der Waals surface area contributed by atoms with E-state index >= 15 is 0 Å². The molecule has 0 unspecified atom stereocenters. The zero-order valence-electron chi connectivity index (χ0n) is 9.42. The summed E-state index contributed by atoms with van der Waals surface area (Å²) in [5.41, 5.74) is 0. The molecule has 0 saturated carbocycles. The minimum Gasteiger partial charge on any atom is -0.376 e. The standard InChI is InChI=1S/C10H18F2N2O2/c1-2-14(7-8-4-3-5-16-8)10(15)13-6-9(11)12/h8-9H,2-7H2,1H3,(H,13,15)/t8-/m1/s1. The van der Waals surface area contributed by atoms with E-state index in [2.05, 4.69) is 5.32 Å². The van der Waals surface area contributed by atoms with Gasteiger partial charge in [0.25, 0.3) is 6.43 Å². The van der Waals surface area contributed by atoms with E-state index in [1.807, 2.05) is 6.92 Å². The summed E-state index contributed by atoms with van der Waals surface area (Å²) in [5, 5.41) is 2.19. The van der Waals surface area contributed by atoms with Gasteiger partial charge in [-0.3, -0.25) is 0 Å². The van der Waals surface area contributed by atoms with Gasteiger partial charge in [0.15, 0.2) is 0 Å². The van der Waals surface area contributed by atoms with Gasteiger partial charge >= 0.3 is 6.03 Å². The van der Waals surface area contributed by atoms with E-state index < -0.39 is 19.0 Å². The summed E-state index contributed by atoms with van der Waals surface area (Å²) in [6.07, 6.45) is -0.526. The smallest absolute Gasteiger partial charge is 0.317 e. The van der Waals surface area contributed by atoms with Crippen molar-refractivity contribution in [3.05, 3.63) is 0 Å². The molecule has 0 aliphatic carbocycles. The molecule has 0 bridgehead atoms. The summed E-state index contributed by atoms with van der Waals surface area (Å²) in [6, 6.07) is -0.446. The fourth-order valence-electron chi connectivity index (χ4n) is 1.67. The number of carbonyl (C=O) groups excluding carboxylic acids is 1. The van der Waals surface area contributed by atoms with Gasteiger partial charge in [-0.05, 0) is 19.8 Å². The first kappa shape index (κ1) is 13.2. The van der Waals surface area contributed by atoms with E-state index in [-0.39, 0.29) is 6.10 Å². The van der Waals surface area contributed by atoms with Gasteiger partial charge in [0.05, 0.1) is 12.6 Å². The van der Waals surface area contributed by atoms with Gasteiger partial charge in [0.2, 0.25) is 0 Å². The Hall–Kier alpha value is -0.910. The monoisotopic (exact) mass is 236 g/mol. The van der Waals surface area contributed by atoms with E-state index in [4.69, 9.17) is 4.74 Å². The van der Waals surface area contributed by atoms with E-state index in [9.17, 15) is 13.6 Å². The topological polar surface area (TPSA) is 41.6 Å². The van der Waals surface area contributed by atoms with Crippen LogP contribution in [0.4, 0.5) is 13.6 Å². The maximum atomic E-state index is 11.9. The van der Waals surface area contributed by atoms with Crippen molar-refractivity contribution in [2.24, 2.45) is 0 Å². The maximum absolute atomic E-state index is 11.9. The third-order valence-electron chi connectivity index (χ3n) is 2.52. The number of nitrogens with one attached hydrogen (secondary N) is 1. The van der Waals surface area contributed by atoms with Crippen molar-refractivity contribution in [3.63, 3.8) is 0 Å². The second-order valence-electron chi connectivity index (χ2n) is 3.75. The fraction of sp³-hybridized carbons (Fsp3) is 0.900. The molecule has 94 valence electrons. The molecule has 0 aromatic heterocycles. The first-order chi connectivity index (χ1) is 7.63. The van der Waals surface area contributed by atoms with Gasteiger partial charge < -0.3 is 15.0 Å². The predicted octanol–water partition coefficient (Wildman–Crippen LogP) is 1.46. The molecule has 0 radical (unpaired) electrons. The van der Waals surface area contributed by atoms with Crippen LogP contribution in [0, 0.1) is 0 Å². The Kier molecular flexibility index (Phi) is 5.45. The van der Waals surface area contributed by atoms with Gasteiger partial charge in [-0.15, -0.1) is 0 Å². The van der Waals surface area contributed by atoms with Crippen molar-refractivity contribution >= 4 is 6.03 Å². The van der Waals surface area contributed by atoms with Crippen LogP contribution in [-0.4, -0.2) is 49.7 Å². The molecule has 2 amide bonds. The van der Waals surface area contributed by atoms with Crippen molar-refractivity contribution < 1.29 is 18.3 Å². The molecular weight excluding hydrogens is 218 g/mol. The molecule has 1 fully saturated rings. The van der Waals surface area contributed by atoms with Gasteiger partial charge in [-0.1, -0.05) is 0 Å². The summed E-state index contributed by atoms with van der Waals surface area (Å²) in [7, 11) is 0. The van der Waals surface area contributed by atoms with Crippen LogP contribution in [0.2, 0.25) is 0 Å². The average Bonchev–Trinajstić information content (AvgIpc) is 2.75. The molecule has 16 heavy (non-hydrogen) atoms. The number of hydrogen-bond donors (Lipinski definition) is 1. The Labute approximate surface area is 93.9 Å². The minimum atomic E-state index is -2.51. The molecule has 0 spiro atoms. The summed E-state index contributed by atoms with van der Waals surface area (Å²) >= 11 is 0. The number of halogens is 2. The Morgan fingerprint density at radius 3 is 2.88 bits per heavy atom. The lowest BCUT2D eigenvalue weighted by atomic mass is 10.2. The van der Waals surface area contributed by atoms with Crippen molar-refractivity contribution in [1.29, 1.82) is 0 Å². The van der Waals surface area contributed by atoms with Crippen LogP contribution in [0.5, 0.6) is 0 Å². The van der Waals surface area contributed by atoms with Crippen molar-refractivity contribution in [1.82, 2.24) is 10.2 Å². The van der Waals surface area contributed by atoms with Crippen molar-refractivity contribution in [3.8, 4) is 0 Å². The summed E-state index contributed by atoms with van der Waals surface area (Å²) in [6.45, 7) is 2.92. The van der Waals surface area contributed by atoms with Gasteiger partial charge in [-0.25, -0.2) is 13.6 Å². The highest BCUT2D eigenvalue weighted by Crippen LogP contribution is 2.13. The van der Waals surface area contributed by atoms with E-state index in [0.717, 1.165) is 19.4 Å². The first-order valence-corrected chi connectivity index (χ1v) is 5.56. The van der Waals surface area contributed by atoms with Crippen LogP contribution >= 0.6 is 0 Å². The highest BCUT2D eigenvalue weighted by atomic mass is 19.3. The molecule has 6 heteroatoms. The van der Waals surface area contributed by atoms with Crippen LogP contribution in [0.3, 0.4) is 0 Å². The molecule has 1 rings (SSSR count). The highest BCUT2D eigenvalue weighted by molar-refractivity contribution is 5.74. The zero-order valence-corrected chi connectivity index (χ0v) is 9.42. The molecule has 4 nitrogen and oxygen atoms in total. The minimum absolute atomic E-state index is 0.0530. The van der Waals surface area contributed by atoms with E-state index in [0.29, 0.717) is 13.1 Å². The Morgan fingerprint density at radius 1 is 1.62 bits per heavy atom. The fourth-order valence-corrected chi connectivity index (χ4v) is 1.67. The van der Waals surface area contributed by atoms with Gasteiger partial charge in [-0.2, -0.15) is 0 Å². The molecule has 0 aromatic rings. The van der Waals surface area contributed by atoms with Crippen molar-refractivity contribution in [2.45, 2.75) is 32.3 Å². The van der Waals surface area contributed by atoms with Crippen LogP contribution in [0.25, 0.3) is 0 Å². The second-order valence-corrected chi connectivity index (χ2v) is 3.75. The number of nitrogens with zero attached hydrogens (tertiary/aromatic N) is 1. The lowest BCUT2D eigenvalue weighted by molar-refractivity contribution is 0.0809. The molecule has 1 aliphatic rings. The third kappa shape index (κ3) is 4.30. The average molecular weight is 236 g/mol. The third-order valence-corrected chi connectivity index (χ3v) is 2.52. The van der Waals surface area contributed by atoms with Crippen LogP contribution in [0.15, 0.2) is 0 Å². The summed E-state index contributed by atoms with van der Waals surface area (Å²) < 4.78 is 29.2. The molecule has 1 saturated heterocycles. The Morgan fingerprint density at radius 2 is 2.38 bits per heavy atom. The summed E-state index contributed by atoms with van der Waals surface area (Å²) in [4.78, 5) is 13.0. The molecular formula is C10H18F2N2O2. The lowest BCUT2D eigenvalue weighted by Gasteiger charge is -2.24. The Bertz CT molecular complexity index is 221. The first-order valence-electron chi connectivity index (χ1n) is 5.56. The number of alkyl halides is 2. The second kappa shape index (κ2) is 6.62. The van der Waals surface area contributed by atoms with Gasteiger partial charge in [0, 0.05) is 19.7 Å². The molecule has 1 atom stereocenters. The number of urea groups is 1. The Balaban J connectivity index is 2.30. The van der Waals surface area contributed by atoms with Crippen LogP contribution in [0.1, 0.15) is 19.8 Å². The van der Waals surface area contributed by atoms with E-state index in [1.54, 1.807) is 0 Å². The van der Waals surface area contributed by atoms with Crippen LogP contribution < -0.4 is 5.32 Å². The zero-order chi connectivity index (χ0) is 12.0. The number of amides is 2. The quantitative estimate of drug-likeness (QED) is 0.785. The van der Waals surface area contributed by atoms with E-state index in [1.165, 1.54) is 4.90 Å². The number of likely N-dealkylation sites (N-methyl/N-ethyl adjacent to an activating group) is 1. The number of hydrogen-bond acceptors (Lipinski definition) is 2.